The van der Waals surface area contributed by atoms with Gasteiger partial charge in [0.2, 0.25) is 5.91 Å². The minimum absolute atomic E-state index is 0.204. The van der Waals surface area contributed by atoms with Crippen molar-refractivity contribution in [1.29, 1.82) is 0 Å². The number of hydrogen-bond donors (Lipinski definition) is 5. The minimum atomic E-state index is -1.38. The number of carbonyl (C=O) groups excluding carboxylic acids is 1. The fourth-order valence-corrected chi connectivity index (χ4v) is 5.62. The van der Waals surface area contributed by atoms with Crippen molar-refractivity contribution in [2.24, 2.45) is 0 Å². The first kappa shape index (κ1) is 28.4. The lowest BCUT2D eigenvalue weighted by molar-refractivity contribution is -0.205. The molecule has 7 nitrogen and oxygen atoms in total. The summed E-state index contributed by atoms with van der Waals surface area (Å²) in [7, 11) is 0. The highest BCUT2D eigenvalue weighted by Gasteiger charge is 2.48. The van der Waals surface area contributed by atoms with E-state index in [1.165, 1.54) is 22.9 Å². The van der Waals surface area contributed by atoms with Crippen LogP contribution in [-0.2, 0) is 16.0 Å². The molecule has 0 spiro atoms. The normalized spacial score (nSPS) is 32.6. The van der Waals surface area contributed by atoms with Crippen LogP contribution in [0.25, 0.3) is 0 Å². The zero-order valence-electron chi connectivity index (χ0n) is 20.5. The monoisotopic (exact) mass is 526 g/mol. The minimum Gasteiger partial charge on any atom is -0.388 e. The molecule has 0 aliphatic carbocycles. The van der Waals surface area contributed by atoms with Crippen LogP contribution in [0.15, 0.2) is 42.0 Å². The largest absolute Gasteiger partial charge is 0.388 e. The van der Waals surface area contributed by atoms with Crippen molar-refractivity contribution < 1.29 is 24.9 Å². The van der Waals surface area contributed by atoms with Crippen LogP contribution in [0.3, 0.4) is 0 Å². The first-order chi connectivity index (χ1) is 16.8. The second-order valence-electron chi connectivity index (χ2n) is 9.42. The first-order valence-corrected chi connectivity index (χ1v) is 14.2. The Kier molecular flexibility index (Phi) is 11.4. The van der Waals surface area contributed by atoms with Gasteiger partial charge in [0.05, 0.1) is 17.5 Å². The summed E-state index contributed by atoms with van der Waals surface area (Å²) in [6, 6.07) is 9.37. The molecule has 2 aliphatic heterocycles. The van der Waals surface area contributed by atoms with E-state index in [9.17, 15) is 20.1 Å². The van der Waals surface area contributed by atoms with E-state index in [1.54, 1.807) is 13.2 Å². The molecule has 3 rings (SSSR count). The van der Waals surface area contributed by atoms with E-state index in [0.29, 0.717) is 13.0 Å². The number of benzene rings is 1. The van der Waals surface area contributed by atoms with Crippen LogP contribution in [0.2, 0.25) is 0 Å². The highest BCUT2D eigenvalue weighted by atomic mass is 35.5. The fraction of sp³-hybridized carbons (Fsp3) is 0.654. The molecule has 9 heteroatoms. The number of allylic oxidation sites excluding steroid dienone is 1. The fourth-order valence-electron chi connectivity index (χ4n) is 4.74. The number of aryl methyl sites for hydroxylation is 1. The molecule has 2 fully saturated rings. The first-order valence-electron chi connectivity index (χ1n) is 12.4. The number of carbonyl (C=O) groups is 1. The summed E-state index contributed by atoms with van der Waals surface area (Å²) in [5.41, 5.74) is 2.00. The van der Waals surface area contributed by atoms with Crippen molar-refractivity contribution in [2.45, 2.75) is 92.8 Å². The lowest BCUT2D eigenvalue weighted by atomic mass is 9.93. The topological polar surface area (TPSA) is 111 Å². The van der Waals surface area contributed by atoms with Crippen LogP contribution in [0, 0.1) is 0 Å². The van der Waals surface area contributed by atoms with Gasteiger partial charge >= 0.3 is 0 Å². The molecule has 2 heterocycles. The lowest BCUT2D eigenvalue weighted by Crippen LogP contribution is -2.65. The van der Waals surface area contributed by atoms with Crippen molar-refractivity contribution in [3.63, 3.8) is 0 Å². The number of aliphatic hydroxyl groups excluding tert-OH is 3. The van der Waals surface area contributed by atoms with E-state index in [0.717, 1.165) is 32.1 Å². The third-order valence-corrected chi connectivity index (χ3v) is 7.98. The summed E-state index contributed by atoms with van der Waals surface area (Å²) in [6.45, 7) is 2.43. The van der Waals surface area contributed by atoms with Crippen LogP contribution in [0.5, 0.6) is 0 Å². The molecule has 8 atom stereocenters. The SMILES string of the molecule is CSC1O[C@H]([C@H](NC(=O)C2CC/C(=C\CCCc3ccccc3)CCN2)[C@H](C)Cl)C(O)C(O)[C@H]1O. The van der Waals surface area contributed by atoms with E-state index in [4.69, 9.17) is 16.3 Å². The highest BCUT2D eigenvalue weighted by molar-refractivity contribution is 7.99. The maximum absolute atomic E-state index is 13.1. The third kappa shape index (κ3) is 7.92. The van der Waals surface area contributed by atoms with Crippen LogP contribution in [0.4, 0.5) is 0 Å². The molecule has 5 N–H and O–H groups in total. The summed E-state index contributed by atoms with van der Waals surface area (Å²) in [5.74, 6) is -0.204. The Hall–Kier alpha value is -1.13. The van der Waals surface area contributed by atoms with E-state index in [-0.39, 0.29) is 11.9 Å². The number of unbranched alkanes of at least 4 members (excludes halogenated alkanes) is 1. The number of ether oxygens (including phenoxy) is 1. The molecule has 1 aromatic rings. The molecule has 4 unspecified atom stereocenters. The van der Waals surface area contributed by atoms with Crippen molar-refractivity contribution in [1.82, 2.24) is 10.6 Å². The number of hydrogen-bond acceptors (Lipinski definition) is 7. The lowest BCUT2D eigenvalue weighted by Gasteiger charge is -2.44. The van der Waals surface area contributed by atoms with Crippen molar-refractivity contribution in [3.8, 4) is 0 Å². The zero-order chi connectivity index (χ0) is 25.4. The molecule has 0 saturated carbocycles. The molecular formula is C26H39ClN2O5S. The number of halogens is 1. The number of rotatable bonds is 9. The molecule has 0 bridgehead atoms. The summed E-state index contributed by atoms with van der Waals surface area (Å²) in [5, 5.41) is 36.7. The molecule has 35 heavy (non-hydrogen) atoms. The van der Waals surface area contributed by atoms with Gasteiger partial charge in [0.1, 0.15) is 29.9 Å². The van der Waals surface area contributed by atoms with Gasteiger partial charge in [-0.15, -0.1) is 23.4 Å². The Balaban J connectivity index is 1.53. The van der Waals surface area contributed by atoms with E-state index >= 15 is 0 Å². The molecule has 1 amide bonds. The molecular weight excluding hydrogens is 488 g/mol. The van der Waals surface area contributed by atoms with Gasteiger partial charge in [-0.2, -0.15) is 0 Å². The third-order valence-electron chi connectivity index (χ3n) is 6.85. The molecule has 0 aromatic heterocycles. The Bertz CT molecular complexity index is 825. The van der Waals surface area contributed by atoms with Crippen molar-refractivity contribution in [3.05, 3.63) is 47.5 Å². The zero-order valence-corrected chi connectivity index (χ0v) is 22.0. The predicted octanol–water partition coefficient (Wildman–Crippen LogP) is 2.36. The van der Waals surface area contributed by atoms with Crippen LogP contribution >= 0.6 is 23.4 Å². The average molecular weight is 527 g/mol. The second kappa shape index (κ2) is 14.0. The Morgan fingerprint density at radius 2 is 1.97 bits per heavy atom. The molecule has 2 saturated heterocycles. The smallest absolute Gasteiger partial charge is 0.237 e. The van der Waals surface area contributed by atoms with Gasteiger partial charge in [-0.3, -0.25) is 4.79 Å². The van der Waals surface area contributed by atoms with E-state index in [1.807, 2.05) is 6.07 Å². The maximum Gasteiger partial charge on any atom is 0.237 e. The number of thioether (sulfide) groups is 1. The number of alkyl halides is 1. The van der Waals surface area contributed by atoms with Gasteiger partial charge in [-0.25, -0.2) is 0 Å². The maximum atomic E-state index is 13.1. The summed E-state index contributed by atoms with van der Waals surface area (Å²) in [6.07, 6.45) is 4.76. The van der Waals surface area contributed by atoms with Crippen LogP contribution in [-0.4, -0.2) is 81.3 Å². The van der Waals surface area contributed by atoms with Crippen LogP contribution < -0.4 is 10.6 Å². The standard InChI is InChI=1S/C26H39ClN2O5S/c1-16(27)20(24-22(31)21(30)23(32)26(34-24)35-2)29-25(33)19-13-12-18(14-15-28-19)11-7-6-10-17-8-4-3-5-9-17/h3-5,8-9,11,16,19-24,26,28,30-32H,6-7,10,12-15H2,1-2H3,(H,29,33)/b18-11+/t16-,19?,20+,21?,22?,23+,24+,26?/m0/s1. The van der Waals surface area contributed by atoms with Gasteiger partial charge in [0, 0.05) is 0 Å². The summed E-state index contributed by atoms with van der Waals surface area (Å²) < 4.78 is 5.85. The van der Waals surface area contributed by atoms with Gasteiger partial charge in [-0.1, -0.05) is 42.0 Å². The number of amides is 1. The van der Waals surface area contributed by atoms with Crippen molar-refractivity contribution >= 4 is 29.3 Å². The summed E-state index contributed by atoms with van der Waals surface area (Å²) >= 11 is 7.62. The van der Waals surface area contributed by atoms with Crippen molar-refractivity contribution in [2.75, 3.05) is 12.8 Å². The quantitative estimate of drug-likeness (QED) is 0.191. The number of nitrogens with one attached hydrogen (secondary N) is 2. The predicted molar refractivity (Wildman–Crippen MR) is 141 cm³/mol. The molecule has 2 aliphatic rings. The number of aliphatic hydroxyl groups is 3. The molecule has 1 aromatic carbocycles. The molecule has 196 valence electrons. The Labute approximate surface area is 217 Å². The summed E-state index contributed by atoms with van der Waals surface area (Å²) in [4.78, 5) is 13.1. The van der Waals surface area contributed by atoms with Gasteiger partial charge in [0.15, 0.2) is 0 Å². The second-order valence-corrected chi connectivity index (χ2v) is 11.0. The Morgan fingerprint density at radius 3 is 2.66 bits per heavy atom. The van der Waals surface area contributed by atoms with Gasteiger partial charge < -0.3 is 30.7 Å². The Morgan fingerprint density at radius 1 is 1.23 bits per heavy atom. The van der Waals surface area contributed by atoms with E-state index in [2.05, 4.69) is 41.0 Å². The van der Waals surface area contributed by atoms with Gasteiger partial charge in [0.25, 0.3) is 0 Å². The highest BCUT2D eigenvalue weighted by Crippen LogP contribution is 2.30. The molecule has 0 radical (unpaired) electrons. The van der Waals surface area contributed by atoms with Crippen LogP contribution in [0.1, 0.15) is 44.6 Å². The van der Waals surface area contributed by atoms with E-state index < -0.39 is 41.3 Å². The van der Waals surface area contributed by atoms with Gasteiger partial charge in [-0.05, 0) is 63.8 Å². The average Bonchev–Trinajstić information content (AvgIpc) is 3.10.